The zero-order chi connectivity index (χ0) is 59.0. The van der Waals surface area contributed by atoms with Gasteiger partial charge >= 0.3 is 0 Å². The molecular formula is C62H113NO18. The zero-order valence-corrected chi connectivity index (χ0v) is 49.5. The van der Waals surface area contributed by atoms with Gasteiger partial charge in [0.15, 0.2) is 18.9 Å². The number of aliphatic hydroxyl groups is 11. The van der Waals surface area contributed by atoms with Gasteiger partial charge in [-0.2, -0.15) is 0 Å². The van der Waals surface area contributed by atoms with E-state index in [9.17, 15) is 61.0 Å². The number of unbranched alkanes of at least 4 members (excludes halogenated alkanes) is 27. The van der Waals surface area contributed by atoms with E-state index in [2.05, 4.69) is 43.5 Å². The van der Waals surface area contributed by atoms with E-state index in [0.29, 0.717) is 12.8 Å². The van der Waals surface area contributed by atoms with Crippen molar-refractivity contribution < 1.29 is 89.4 Å². The van der Waals surface area contributed by atoms with Crippen molar-refractivity contribution in [2.75, 3.05) is 26.4 Å². The van der Waals surface area contributed by atoms with Gasteiger partial charge in [-0.15, -0.1) is 0 Å². The van der Waals surface area contributed by atoms with E-state index in [-0.39, 0.29) is 18.9 Å². The Kier molecular flexibility index (Phi) is 41.0. The maximum Gasteiger partial charge on any atom is 0.220 e. The van der Waals surface area contributed by atoms with E-state index in [1.54, 1.807) is 6.08 Å². The van der Waals surface area contributed by atoms with Gasteiger partial charge in [-0.1, -0.05) is 192 Å². The average Bonchev–Trinajstić information content (AvgIpc) is 3.52. The van der Waals surface area contributed by atoms with Crippen LogP contribution in [0.1, 0.15) is 219 Å². The second-order valence-electron chi connectivity index (χ2n) is 22.9. The van der Waals surface area contributed by atoms with Crippen LogP contribution in [-0.2, 0) is 33.2 Å². The number of amides is 1. The summed E-state index contributed by atoms with van der Waals surface area (Å²) < 4.78 is 34.2. The smallest absolute Gasteiger partial charge is 0.220 e. The lowest BCUT2D eigenvalue weighted by atomic mass is 9.96. The van der Waals surface area contributed by atoms with Gasteiger partial charge in [-0.3, -0.25) is 4.79 Å². The summed E-state index contributed by atoms with van der Waals surface area (Å²) in [4.78, 5) is 13.3. The molecule has 3 fully saturated rings. The van der Waals surface area contributed by atoms with Crippen LogP contribution in [-0.4, -0.2) is 193 Å². The van der Waals surface area contributed by atoms with Gasteiger partial charge in [0.1, 0.15) is 73.2 Å². The molecule has 0 spiro atoms. The second kappa shape index (κ2) is 45.3. The lowest BCUT2D eigenvalue weighted by Gasteiger charge is -2.48. The molecule has 474 valence electrons. The Morgan fingerprint density at radius 2 is 0.790 bits per heavy atom. The van der Waals surface area contributed by atoms with Gasteiger partial charge in [0.05, 0.1) is 38.6 Å². The summed E-state index contributed by atoms with van der Waals surface area (Å²) in [6.45, 7) is 1.70. The molecule has 1 amide bonds. The third-order valence-electron chi connectivity index (χ3n) is 15.9. The monoisotopic (exact) mass is 1160 g/mol. The zero-order valence-electron chi connectivity index (χ0n) is 49.5. The quantitative estimate of drug-likeness (QED) is 0.0229. The van der Waals surface area contributed by atoms with Crippen molar-refractivity contribution in [3.63, 3.8) is 0 Å². The van der Waals surface area contributed by atoms with Crippen LogP contribution >= 0.6 is 0 Å². The van der Waals surface area contributed by atoms with Gasteiger partial charge in [0.25, 0.3) is 0 Å². The number of carbonyl (C=O) groups is 1. The Morgan fingerprint density at radius 3 is 1.23 bits per heavy atom. The highest BCUT2D eigenvalue weighted by atomic mass is 16.8. The second-order valence-corrected chi connectivity index (χ2v) is 22.9. The SMILES string of the molecule is CCCCCCCC/C=C\CCCCCCCC(=O)NC(COC1OC(CO)C(OC2OC(CO)C(OC3OC(CO)C(O)C(O)C3O)C(O)C2O)C(O)C1O)C(O)/C=C/CC/C=C/CCCCCCCCCCCCCCCCC. The molecule has 0 bridgehead atoms. The van der Waals surface area contributed by atoms with Crippen molar-refractivity contribution in [3.05, 3.63) is 36.5 Å². The number of allylic oxidation sites excluding steroid dienone is 5. The molecule has 0 aromatic heterocycles. The Labute approximate surface area is 485 Å². The van der Waals surface area contributed by atoms with E-state index in [1.165, 1.54) is 128 Å². The normalized spacial score (nSPS) is 30.0. The largest absolute Gasteiger partial charge is 0.394 e. The minimum absolute atomic E-state index is 0.226. The fourth-order valence-corrected chi connectivity index (χ4v) is 10.7. The number of ether oxygens (including phenoxy) is 6. The van der Waals surface area contributed by atoms with Crippen LogP contribution in [0.3, 0.4) is 0 Å². The molecule has 19 nitrogen and oxygen atoms in total. The van der Waals surface area contributed by atoms with E-state index in [1.807, 2.05) is 6.08 Å². The minimum Gasteiger partial charge on any atom is -0.394 e. The topological polar surface area (TPSA) is 307 Å². The molecule has 81 heavy (non-hydrogen) atoms. The maximum absolute atomic E-state index is 13.3. The van der Waals surface area contributed by atoms with Crippen molar-refractivity contribution in [1.82, 2.24) is 5.32 Å². The summed E-state index contributed by atoms with van der Waals surface area (Å²) >= 11 is 0. The number of aliphatic hydroxyl groups excluding tert-OH is 11. The van der Waals surface area contributed by atoms with Crippen LogP contribution < -0.4 is 5.32 Å². The molecular weight excluding hydrogens is 1050 g/mol. The van der Waals surface area contributed by atoms with E-state index < -0.39 is 124 Å². The molecule has 0 aromatic rings. The predicted molar refractivity (Wildman–Crippen MR) is 309 cm³/mol. The molecule has 17 unspecified atom stereocenters. The maximum atomic E-state index is 13.3. The van der Waals surface area contributed by atoms with Crippen molar-refractivity contribution in [2.45, 2.75) is 324 Å². The number of carbonyl (C=O) groups excluding carboxylic acids is 1. The predicted octanol–water partition coefficient (Wildman–Crippen LogP) is 6.49. The summed E-state index contributed by atoms with van der Waals surface area (Å²) in [7, 11) is 0. The Hall–Kier alpha value is -1.99. The van der Waals surface area contributed by atoms with E-state index in [4.69, 9.17) is 28.4 Å². The van der Waals surface area contributed by atoms with Crippen LogP contribution in [0, 0.1) is 0 Å². The van der Waals surface area contributed by atoms with Crippen LogP contribution in [0.4, 0.5) is 0 Å². The van der Waals surface area contributed by atoms with Crippen LogP contribution in [0.2, 0.25) is 0 Å². The van der Waals surface area contributed by atoms with Crippen molar-refractivity contribution in [2.24, 2.45) is 0 Å². The van der Waals surface area contributed by atoms with Crippen LogP contribution in [0.15, 0.2) is 36.5 Å². The minimum atomic E-state index is -1.98. The van der Waals surface area contributed by atoms with Gasteiger partial charge < -0.3 is 89.9 Å². The molecule has 3 rings (SSSR count). The van der Waals surface area contributed by atoms with E-state index in [0.717, 1.165) is 57.8 Å². The molecule has 3 aliphatic heterocycles. The Bertz CT molecular complexity index is 1620. The molecule has 3 aliphatic rings. The first-order valence-electron chi connectivity index (χ1n) is 31.7. The fourth-order valence-electron chi connectivity index (χ4n) is 10.7. The first-order valence-corrected chi connectivity index (χ1v) is 31.7. The van der Waals surface area contributed by atoms with Crippen molar-refractivity contribution >= 4 is 5.91 Å². The van der Waals surface area contributed by atoms with Crippen molar-refractivity contribution in [1.29, 1.82) is 0 Å². The average molecular weight is 1160 g/mol. The van der Waals surface area contributed by atoms with Gasteiger partial charge in [-0.25, -0.2) is 0 Å². The summed E-state index contributed by atoms with van der Waals surface area (Å²) in [6.07, 6.45) is 22.7. The lowest BCUT2D eigenvalue weighted by Crippen LogP contribution is -2.66. The highest BCUT2D eigenvalue weighted by Gasteiger charge is 2.53. The van der Waals surface area contributed by atoms with Gasteiger partial charge in [-0.05, 0) is 57.8 Å². The number of hydrogen-bond acceptors (Lipinski definition) is 18. The number of hydrogen-bond donors (Lipinski definition) is 12. The first kappa shape index (κ1) is 73.3. The summed E-state index contributed by atoms with van der Waals surface area (Å²) in [5, 5.41) is 120. The Morgan fingerprint density at radius 1 is 0.432 bits per heavy atom. The summed E-state index contributed by atoms with van der Waals surface area (Å²) in [5.74, 6) is -0.294. The van der Waals surface area contributed by atoms with E-state index >= 15 is 0 Å². The molecule has 0 radical (unpaired) electrons. The Balaban J connectivity index is 1.50. The molecule has 0 saturated carbocycles. The molecule has 17 atom stereocenters. The third kappa shape index (κ3) is 28.8. The van der Waals surface area contributed by atoms with Crippen molar-refractivity contribution in [3.8, 4) is 0 Å². The lowest BCUT2D eigenvalue weighted by molar-refractivity contribution is -0.379. The van der Waals surface area contributed by atoms with Crippen LogP contribution in [0.5, 0.6) is 0 Å². The molecule has 0 aromatic carbocycles. The molecule has 0 aliphatic carbocycles. The standard InChI is InChI=1S/C62H113NO18/c1-3-5-7-9-11-13-15-17-19-20-21-22-23-24-26-27-29-31-33-35-37-39-46(67)45(63-50(68)40-38-36-34-32-30-28-25-18-16-14-12-10-8-6-4-2)44-76-60-56(74)53(71)58(48(42-65)78-60)81-62-57(75)54(72)59(49(43-66)79-62)80-61-55(73)52(70)51(69)47(41-64)77-61/h18,25,29,31,37,39,45-49,51-62,64-67,69-75H,3-17,19-24,26-28,30,32-36,38,40-44H2,1-2H3,(H,63,68)/b25-18-,31-29+,39-37+. The first-order chi connectivity index (χ1) is 39.3. The molecule has 12 N–H and O–H groups in total. The number of rotatable bonds is 47. The molecule has 3 saturated heterocycles. The summed E-state index contributed by atoms with van der Waals surface area (Å²) in [6, 6.07) is -0.993. The highest BCUT2D eigenvalue weighted by molar-refractivity contribution is 5.76. The van der Waals surface area contributed by atoms with Gasteiger partial charge in [0.2, 0.25) is 5.91 Å². The van der Waals surface area contributed by atoms with Crippen LogP contribution in [0.25, 0.3) is 0 Å². The fraction of sp³-hybridized carbons (Fsp3) is 0.887. The molecule has 3 heterocycles. The molecule has 19 heteroatoms. The highest BCUT2D eigenvalue weighted by Crippen LogP contribution is 2.33. The summed E-state index contributed by atoms with van der Waals surface area (Å²) in [5.41, 5.74) is 0. The third-order valence-corrected chi connectivity index (χ3v) is 15.9. The van der Waals surface area contributed by atoms with Gasteiger partial charge in [0, 0.05) is 6.42 Å². The number of nitrogens with one attached hydrogen (secondary N) is 1.